The molecule has 162 valence electrons. The van der Waals surface area contributed by atoms with Crippen LogP contribution in [0.2, 0.25) is 0 Å². The highest BCUT2D eigenvalue weighted by atomic mass is 32.2. The van der Waals surface area contributed by atoms with Gasteiger partial charge in [-0.3, -0.25) is 14.5 Å². The first-order chi connectivity index (χ1) is 15.5. The van der Waals surface area contributed by atoms with Gasteiger partial charge in [0.05, 0.1) is 17.0 Å². The molecule has 32 heavy (non-hydrogen) atoms. The molecule has 5 rings (SSSR count). The number of carbonyl (C=O) groups is 1. The molecule has 0 saturated carbocycles. The highest BCUT2D eigenvalue weighted by molar-refractivity contribution is 7.98. The smallest absolute Gasteiger partial charge is 0.297 e. The van der Waals surface area contributed by atoms with E-state index in [4.69, 9.17) is 4.42 Å². The van der Waals surface area contributed by atoms with E-state index in [0.717, 1.165) is 34.4 Å². The third-order valence-corrected chi connectivity index (χ3v) is 7.12. The zero-order chi connectivity index (χ0) is 22.4. The number of fused-ring (bicyclic) bond motifs is 2. The van der Waals surface area contributed by atoms with E-state index in [1.807, 2.05) is 37.4 Å². The lowest BCUT2D eigenvalue weighted by atomic mass is 9.99. The van der Waals surface area contributed by atoms with Crippen LogP contribution >= 0.6 is 23.1 Å². The number of hydrogen-bond donors (Lipinski definition) is 0. The van der Waals surface area contributed by atoms with Gasteiger partial charge in [0, 0.05) is 11.3 Å². The lowest BCUT2D eigenvalue weighted by Crippen LogP contribution is -2.29. The van der Waals surface area contributed by atoms with Crippen molar-refractivity contribution in [1.82, 2.24) is 10.2 Å². The van der Waals surface area contributed by atoms with Crippen molar-refractivity contribution in [3.05, 3.63) is 80.4 Å². The molecular weight excluding hydrogens is 449 g/mol. The molecule has 0 bridgehead atoms. The monoisotopic (exact) mass is 467 g/mol. The lowest BCUT2D eigenvalue weighted by molar-refractivity contribution is 0.0970. The molecule has 9 heteroatoms. The van der Waals surface area contributed by atoms with Crippen molar-refractivity contribution in [3.8, 4) is 0 Å². The van der Waals surface area contributed by atoms with E-state index in [1.54, 1.807) is 11.8 Å². The zero-order valence-corrected chi connectivity index (χ0v) is 18.9. The Labute approximate surface area is 191 Å². The van der Waals surface area contributed by atoms with Crippen LogP contribution in [0.15, 0.2) is 56.6 Å². The topological polar surface area (TPSA) is 76.3 Å². The van der Waals surface area contributed by atoms with E-state index in [2.05, 4.69) is 10.2 Å². The van der Waals surface area contributed by atoms with Crippen LogP contribution in [0.4, 0.5) is 9.52 Å². The number of amides is 1. The molecule has 0 N–H and O–H groups in total. The molecule has 3 heterocycles. The Bertz CT molecular complexity index is 1400. The second kappa shape index (κ2) is 8.14. The fraction of sp³-hybridized carbons (Fsp3) is 0.217. The Morgan fingerprint density at radius 3 is 2.66 bits per heavy atom. The largest absolute Gasteiger partial charge is 0.450 e. The van der Waals surface area contributed by atoms with Gasteiger partial charge < -0.3 is 4.42 Å². The standard InChI is InChI=1S/C23H18FN3O3S2/c1-3-4-17-25-26-23(32-17)27-19(12-5-8-14(31-2)9-6-12)18-20(28)15-11-13(24)7-10-16(15)30-21(18)22(27)29/h5-11,19H,3-4H2,1-2H3. The highest BCUT2D eigenvalue weighted by Crippen LogP contribution is 2.42. The van der Waals surface area contributed by atoms with Crippen molar-refractivity contribution in [2.75, 3.05) is 11.2 Å². The van der Waals surface area contributed by atoms with Crippen LogP contribution < -0.4 is 10.3 Å². The van der Waals surface area contributed by atoms with Gasteiger partial charge in [0.2, 0.25) is 10.9 Å². The maximum absolute atomic E-state index is 13.9. The van der Waals surface area contributed by atoms with Crippen LogP contribution in [0.5, 0.6) is 0 Å². The number of carbonyl (C=O) groups excluding carboxylic acids is 1. The molecule has 0 radical (unpaired) electrons. The van der Waals surface area contributed by atoms with E-state index in [1.165, 1.54) is 28.4 Å². The summed E-state index contributed by atoms with van der Waals surface area (Å²) in [5.74, 6) is -1.04. The summed E-state index contributed by atoms with van der Waals surface area (Å²) in [5, 5.41) is 9.76. The number of benzene rings is 2. The summed E-state index contributed by atoms with van der Waals surface area (Å²) in [6, 6.07) is 10.6. The van der Waals surface area contributed by atoms with Crippen molar-refractivity contribution < 1.29 is 13.6 Å². The van der Waals surface area contributed by atoms with Gasteiger partial charge in [0.25, 0.3) is 5.91 Å². The van der Waals surface area contributed by atoms with Gasteiger partial charge in [0.15, 0.2) is 5.43 Å². The average molecular weight is 468 g/mol. The van der Waals surface area contributed by atoms with Crippen molar-refractivity contribution >= 4 is 45.1 Å². The molecule has 2 aromatic heterocycles. The third-order valence-electron chi connectivity index (χ3n) is 5.39. The molecule has 1 unspecified atom stereocenters. The van der Waals surface area contributed by atoms with Crippen LogP contribution in [0.1, 0.15) is 46.1 Å². The minimum Gasteiger partial charge on any atom is -0.450 e. The first-order valence-electron chi connectivity index (χ1n) is 10.1. The van der Waals surface area contributed by atoms with Gasteiger partial charge in [-0.15, -0.1) is 22.0 Å². The molecule has 1 aliphatic heterocycles. The van der Waals surface area contributed by atoms with Crippen molar-refractivity contribution in [2.24, 2.45) is 0 Å². The average Bonchev–Trinajstić information content (AvgIpc) is 3.37. The van der Waals surface area contributed by atoms with Crippen LogP contribution in [-0.4, -0.2) is 22.4 Å². The predicted molar refractivity (Wildman–Crippen MR) is 123 cm³/mol. The van der Waals surface area contributed by atoms with Gasteiger partial charge in [-0.2, -0.15) is 0 Å². The molecule has 1 amide bonds. The second-order valence-electron chi connectivity index (χ2n) is 7.39. The molecule has 2 aromatic carbocycles. The Balaban J connectivity index is 1.75. The molecule has 1 atom stereocenters. The molecule has 1 aliphatic rings. The quantitative estimate of drug-likeness (QED) is 0.375. The number of hydrogen-bond acceptors (Lipinski definition) is 7. The number of rotatable bonds is 5. The maximum Gasteiger partial charge on any atom is 0.297 e. The second-order valence-corrected chi connectivity index (χ2v) is 9.31. The van der Waals surface area contributed by atoms with Gasteiger partial charge >= 0.3 is 0 Å². The van der Waals surface area contributed by atoms with Crippen LogP contribution in [-0.2, 0) is 6.42 Å². The van der Waals surface area contributed by atoms with E-state index >= 15 is 0 Å². The Morgan fingerprint density at radius 2 is 1.94 bits per heavy atom. The zero-order valence-electron chi connectivity index (χ0n) is 17.3. The van der Waals surface area contributed by atoms with Crippen LogP contribution in [0.3, 0.4) is 0 Å². The molecule has 6 nitrogen and oxygen atoms in total. The lowest BCUT2D eigenvalue weighted by Gasteiger charge is -2.22. The third kappa shape index (κ3) is 3.32. The van der Waals surface area contributed by atoms with Crippen LogP contribution in [0, 0.1) is 5.82 Å². The summed E-state index contributed by atoms with van der Waals surface area (Å²) in [7, 11) is 0. The SMILES string of the molecule is CCCc1nnc(N2C(=O)c3oc4ccc(F)cc4c(=O)c3C2c2ccc(SC)cc2)s1. The molecule has 0 aliphatic carbocycles. The normalized spacial score (nSPS) is 15.5. The molecule has 4 aromatic rings. The Morgan fingerprint density at radius 1 is 1.16 bits per heavy atom. The summed E-state index contributed by atoms with van der Waals surface area (Å²) in [6.45, 7) is 2.04. The summed E-state index contributed by atoms with van der Waals surface area (Å²) >= 11 is 2.92. The van der Waals surface area contributed by atoms with Gasteiger partial charge in [-0.1, -0.05) is 30.4 Å². The molecular formula is C23H18FN3O3S2. The summed E-state index contributed by atoms with van der Waals surface area (Å²) in [4.78, 5) is 29.5. The first kappa shape index (κ1) is 20.8. The summed E-state index contributed by atoms with van der Waals surface area (Å²) in [6.07, 6.45) is 3.63. The summed E-state index contributed by atoms with van der Waals surface area (Å²) in [5.41, 5.74) is 0.682. The summed E-state index contributed by atoms with van der Waals surface area (Å²) < 4.78 is 19.7. The number of aromatic nitrogens is 2. The fourth-order valence-electron chi connectivity index (χ4n) is 3.90. The van der Waals surface area contributed by atoms with E-state index in [-0.39, 0.29) is 22.3 Å². The van der Waals surface area contributed by atoms with Crippen LogP contribution in [0.25, 0.3) is 11.0 Å². The maximum atomic E-state index is 13.9. The van der Waals surface area contributed by atoms with Crippen molar-refractivity contribution in [1.29, 1.82) is 0 Å². The van der Waals surface area contributed by atoms with Crippen molar-refractivity contribution in [2.45, 2.75) is 30.7 Å². The molecule has 0 saturated heterocycles. The minimum absolute atomic E-state index is 0.0414. The minimum atomic E-state index is -0.736. The van der Waals surface area contributed by atoms with E-state index in [9.17, 15) is 14.0 Å². The highest BCUT2D eigenvalue weighted by Gasteiger charge is 2.45. The van der Waals surface area contributed by atoms with Gasteiger partial charge in [0.1, 0.15) is 16.4 Å². The van der Waals surface area contributed by atoms with E-state index < -0.39 is 23.2 Å². The molecule has 0 fully saturated rings. The number of thioether (sulfide) groups is 1. The number of nitrogens with zero attached hydrogens (tertiary/aromatic N) is 3. The fourth-order valence-corrected chi connectivity index (χ4v) is 5.28. The van der Waals surface area contributed by atoms with Gasteiger partial charge in [-0.05, 0) is 48.6 Å². The number of halogens is 1. The van der Waals surface area contributed by atoms with Crippen molar-refractivity contribution in [3.63, 3.8) is 0 Å². The first-order valence-corrected chi connectivity index (χ1v) is 12.1. The number of anilines is 1. The van der Waals surface area contributed by atoms with E-state index in [0.29, 0.717) is 5.13 Å². The molecule has 0 spiro atoms. The van der Waals surface area contributed by atoms with Gasteiger partial charge in [-0.25, -0.2) is 4.39 Å². The Hall–Kier alpha value is -3.04. The number of aryl methyl sites for hydroxylation is 1. The Kier molecular flexibility index (Phi) is 5.30. The predicted octanol–water partition coefficient (Wildman–Crippen LogP) is 5.21.